The standard InChI is InChI=1S/C15H19BrN4/c1-3-9-17-14-10-15(20-13(4-2)19-14)18-12-8-6-5-7-11(12)16/h5-8,10H,3-4,9H2,1-2H3,(H2,17,18,19,20). The lowest BCUT2D eigenvalue weighted by Gasteiger charge is -2.11. The first kappa shape index (κ1) is 14.8. The first-order valence-corrected chi connectivity index (χ1v) is 7.65. The highest BCUT2D eigenvalue weighted by molar-refractivity contribution is 9.10. The number of nitrogens with zero attached hydrogens (tertiary/aromatic N) is 2. The number of halogens is 1. The zero-order valence-electron chi connectivity index (χ0n) is 11.8. The maximum Gasteiger partial charge on any atom is 0.136 e. The lowest BCUT2D eigenvalue weighted by atomic mass is 10.3. The molecule has 1 heterocycles. The minimum atomic E-state index is 0.808. The Bertz CT molecular complexity index is 572. The van der Waals surface area contributed by atoms with Gasteiger partial charge in [-0.3, -0.25) is 0 Å². The molecule has 5 heteroatoms. The lowest BCUT2D eigenvalue weighted by molar-refractivity contribution is 0.919. The van der Waals surface area contributed by atoms with Gasteiger partial charge in [-0.05, 0) is 34.5 Å². The van der Waals surface area contributed by atoms with E-state index < -0.39 is 0 Å². The molecule has 0 amide bonds. The van der Waals surface area contributed by atoms with Gasteiger partial charge in [-0.1, -0.05) is 26.0 Å². The summed E-state index contributed by atoms with van der Waals surface area (Å²) in [6.45, 7) is 5.10. The smallest absolute Gasteiger partial charge is 0.136 e. The Hall–Kier alpha value is -1.62. The van der Waals surface area contributed by atoms with E-state index in [1.54, 1.807) is 0 Å². The van der Waals surface area contributed by atoms with Crippen molar-refractivity contribution >= 4 is 33.3 Å². The summed E-state index contributed by atoms with van der Waals surface area (Å²) in [5, 5.41) is 6.63. The first-order chi connectivity index (χ1) is 9.72. The van der Waals surface area contributed by atoms with Crippen molar-refractivity contribution in [2.45, 2.75) is 26.7 Å². The molecular formula is C15H19BrN4. The molecule has 0 atom stereocenters. The Kier molecular flexibility index (Phi) is 5.35. The van der Waals surface area contributed by atoms with E-state index in [-0.39, 0.29) is 0 Å². The summed E-state index contributed by atoms with van der Waals surface area (Å²) in [5.74, 6) is 2.51. The van der Waals surface area contributed by atoms with Gasteiger partial charge in [-0.2, -0.15) is 0 Å². The molecule has 0 bridgehead atoms. The molecule has 20 heavy (non-hydrogen) atoms. The quantitative estimate of drug-likeness (QED) is 0.823. The molecule has 0 saturated carbocycles. The van der Waals surface area contributed by atoms with Crippen molar-refractivity contribution in [1.29, 1.82) is 0 Å². The van der Waals surface area contributed by atoms with Crippen LogP contribution in [-0.4, -0.2) is 16.5 Å². The fourth-order valence-corrected chi connectivity index (χ4v) is 2.15. The van der Waals surface area contributed by atoms with E-state index in [1.165, 1.54) is 0 Å². The van der Waals surface area contributed by atoms with E-state index in [0.717, 1.165) is 47.0 Å². The number of benzene rings is 1. The Morgan fingerprint density at radius 2 is 1.85 bits per heavy atom. The molecule has 0 aliphatic carbocycles. The van der Waals surface area contributed by atoms with Crippen LogP contribution in [0.1, 0.15) is 26.1 Å². The third-order valence-corrected chi connectivity index (χ3v) is 3.47. The van der Waals surface area contributed by atoms with Crippen molar-refractivity contribution < 1.29 is 0 Å². The number of rotatable bonds is 6. The average Bonchev–Trinajstić information content (AvgIpc) is 2.47. The highest BCUT2D eigenvalue weighted by Crippen LogP contribution is 2.25. The molecule has 0 saturated heterocycles. The van der Waals surface area contributed by atoms with Crippen molar-refractivity contribution in [3.63, 3.8) is 0 Å². The van der Waals surface area contributed by atoms with E-state index >= 15 is 0 Å². The van der Waals surface area contributed by atoms with Gasteiger partial charge in [-0.15, -0.1) is 0 Å². The number of anilines is 3. The van der Waals surface area contributed by atoms with Gasteiger partial charge in [0.15, 0.2) is 0 Å². The number of aryl methyl sites for hydroxylation is 1. The van der Waals surface area contributed by atoms with E-state index in [9.17, 15) is 0 Å². The largest absolute Gasteiger partial charge is 0.370 e. The minimum absolute atomic E-state index is 0.808. The van der Waals surface area contributed by atoms with E-state index in [2.05, 4.69) is 50.4 Å². The van der Waals surface area contributed by atoms with Crippen molar-refractivity contribution in [3.05, 3.63) is 40.6 Å². The Morgan fingerprint density at radius 3 is 2.55 bits per heavy atom. The topological polar surface area (TPSA) is 49.8 Å². The summed E-state index contributed by atoms with van der Waals surface area (Å²) >= 11 is 3.53. The predicted molar refractivity (Wildman–Crippen MR) is 87.6 cm³/mol. The molecule has 0 spiro atoms. The molecule has 0 fully saturated rings. The summed E-state index contributed by atoms with van der Waals surface area (Å²) in [4.78, 5) is 8.99. The fraction of sp³-hybridized carbons (Fsp3) is 0.333. The van der Waals surface area contributed by atoms with Crippen molar-refractivity contribution in [1.82, 2.24) is 9.97 Å². The first-order valence-electron chi connectivity index (χ1n) is 6.86. The van der Waals surface area contributed by atoms with Gasteiger partial charge in [0, 0.05) is 23.5 Å². The summed E-state index contributed by atoms with van der Waals surface area (Å²) in [6.07, 6.45) is 1.88. The van der Waals surface area contributed by atoms with Crippen LogP contribution in [0.5, 0.6) is 0 Å². The van der Waals surface area contributed by atoms with Gasteiger partial charge in [0.2, 0.25) is 0 Å². The second-order valence-electron chi connectivity index (χ2n) is 4.44. The molecule has 0 aliphatic rings. The normalized spacial score (nSPS) is 10.3. The highest BCUT2D eigenvalue weighted by atomic mass is 79.9. The van der Waals surface area contributed by atoms with Crippen molar-refractivity contribution in [2.24, 2.45) is 0 Å². The molecule has 0 unspecified atom stereocenters. The maximum absolute atomic E-state index is 4.51. The van der Waals surface area contributed by atoms with Crippen molar-refractivity contribution in [3.8, 4) is 0 Å². The number of para-hydroxylation sites is 1. The molecule has 2 aromatic rings. The Balaban J connectivity index is 2.24. The zero-order valence-corrected chi connectivity index (χ0v) is 13.4. The summed E-state index contributed by atoms with van der Waals surface area (Å²) in [7, 11) is 0. The SMILES string of the molecule is CCCNc1cc(Nc2ccccc2Br)nc(CC)n1. The summed E-state index contributed by atoms with van der Waals surface area (Å²) in [6, 6.07) is 9.93. The van der Waals surface area contributed by atoms with E-state index in [1.807, 2.05) is 30.3 Å². The van der Waals surface area contributed by atoms with Crippen LogP contribution in [0.25, 0.3) is 0 Å². The fourth-order valence-electron chi connectivity index (χ4n) is 1.76. The second-order valence-corrected chi connectivity index (χ2v) is 5.29. The van der Waals surface area contributed by atoms with Crippen LogP contribution < -0.4 is 10.6 Å². The monoisotopic (exact) mass is 334 g/mol. The molecule has 2 N–H and O–H groups in total. The van der Waals surface area contributed by atoms with Gasteiger partial charge in [0.1, 0.15) is 17.5 Å². The van der Waals surface area contributed by atoms with Crippen LogP contribution in [0.3, 0.4) is 0 Å². The number of nitrogens with one attached hydrogen (secondary N) is 2. The predicted octanol–water partition coefficient (Wildman–Crippen LogP) is 4.37. The number of hydrogen-bond acceptors (Lipinski definition) is 4. The van der Waals surface area contributed by atoms with Crippen LogP contribution in [0, 0.1) is 0 Å². The highest BCUT2D eigenvalue weighted by Gasteiger charge is 2.05. The summed E-state index contributed by atoms with van der Waals surface area (Å²) < 4.78 is 1.01. The van der Waals surface area contributed by atoms with Crippen LogP contribution in [-0.2, 0) is 6.42 Å². The third-order valence-electron chi connectivity index (χ3n) is 2.78. The van der Waals surface area contributed by atoms with Gasteiger partial charge in [0.25, 0.3) is 0 Å². The van der Waals surface area contributed by atoms with Crippen molar-refractivity contribution in [2.75, 3.05) is 17.2 Å². The maximum atomic E-state index is 4.51. The molecule has 0 radical (unpaired) electrons. The Labute approximate surface area is 128 Å². The molecule has 1 aromatic carbocycles. The number of aromatic nitrogens is 2. The Morgan fingerprint density at radius 1 is 1.10 bits per heavy atom. The van der Waals surface area contributed by atoms with Crippen LogP contribution in [0.2, 0.25) is 0 Å². The van der Waals surface area contributed by atoms with Crippen LogP contribution in [0.15, 0.2) is 34.8 Å². The third kappa shape index (κ3) is 3.93. The molecule has 0 aliphatic heterocycles. The molecule has 4 nitrogen and oxygen atoms in total. The molecule has 2 rings (SSSR count). The number of hydrogen-bond donors (Lipinski definition) is 2. The van der Waals surface area contributed by atoms with Gasteiger partial charge < -0.3 is 10.6 Å². The zero-order chi connectivity index (χ0) is 14.4. The van der Waals surface area contributed by atoms with E-state index in [4.69, 9.17) is 0 Å². The van der Waals surface area contributed by atoms with Crippen LogP contribution in [0.4, 0.5) is 17.3 Å². The van der Waals surface area contributed by atoms with Crippen LogP contribution >= 0.6 is 15.9 Å². The molecule has 106 valence electrons. The molecular weight excluding hydrogens is 316 g/mol. The lowest BCUT2D eigenvalue weighted by Crippen LogP contribution is -2.07. The van der Waals surface area contributed by atoms with E-state index in [0.29, 0.717) is 0 Å². The van der Waals surface area contributed by atoms with Gasteiger partial charge >= 0.3 is 0 Å². The second kappa shape index (κ2) is 7.24. The molecule has 1 aromatic heterocycles. The summed E-state index contributed by atoms with van der Waals surface area (Å²) in [5.41, 5.74) is 0.995. The minimum Gasteiger partial charge on any atom is -0.370 e. The van der Waals surface area contributed by atoms with Gasteiger partial charge in [-0.25, -0.2) is 9.97 Å². The van der Waals surface area contributed by atoms with Gasteiger partial charge in [0.05, 0.1) is 5.69 Å². The average molecular weight is 335 g/mol.